The first-order chi connectivity index (χ1) is 4.85. The van der Waals surface area contributed by atoms with E-state index in [1.54, 1.807) is 6.08 Å². The van der Waals surface area contributed by atoms with Crippen molar-refractivity contribution < 1.29 is 0 Å². The predicted octanol–water partition coefficient (Wildman–Crippen LogP) is 2.72. The van der Waals surface area contributed by atoms with Crippen molar-refractivity contribution in [1.29, 1.82) is 0 Å². The highest BCUT2D eigenvalue weighted by Gasteiger charge is 1.79. The molecule has 0 saturated heterocycles. The van der Waals surface area contributed by atoms with Gasteiger partial charge in [-0.3, -0.25) is 4.99 Å². The maximum Gasteiger partial charge on any atom is 0.0620 e. The van der Waals surface area contributed by atoms with Gasteiger partial charge in [-0.15, -0.1) is 0 Å². The molecule has 0 spiro atoms. The predicted molar refractivity (Wildman–Crippen MR) is 47.3 cm³/mol. The molecule has 1 nitrogen and oxygen atoms in total. The summed E-state index contributed by atoms with van der Waals surface area (Å²) in [4.78, 5) is 3.96. The molecule has 0 heterocycles. The molecular weight excluding hydrogens is 122 g/mol. The molecule has 0 fully saturated rings. The van der Waals surface area contributed by atoms with Gasteiger partial charge >= 0.3 is 0 Å². The number of hydrogen-bond donors (Lipinski definition) is 0. The Labute approximate surface area is 62.5 Å². The molecule has 0 aliphatic rings. The van der Waals surface area contributed by atoms with Gasteiger partial charge < -0.3 is 0 Å². The largest absolute Gasteiger partial charge is 0.258 e. The Morgan fingerprint density at radius 2 is 2.20 bits per heavy atom. The van der Waals surface area contributed by atoms with Gasteiger partial charge in [-0.05, 0) is 18.6 Å². The number of allylic oxidation sites excluding steroid dienone is 3. The second-order valence-electron chi connectivity index (χ2n) is 1.75. The lowest BCUT2D eigenvalue weighted by Gasteiger charge is -1.86. The Morgan fingerprint density at radius 3 is 2.60 bits per heavy atom. The molecule has 0 amide bonds. The van der Waals surface area contributed by atoms with Crippen molar-refractivity contribution >= 4 is 5.71 Å². The summed E-state index contributed by atoms with van der Waals surface area (Å²) in [7, 11) is 0. The summed E-state index contributed by atoms with van der Waals surface area (Å²) < 4.78 is 0. The van der Waals surface area contributed by atoms with E-state index in [-0.39, 0.29) is 0 Å². The summed E-state index contributed by atoms with van der Waals surface area (Å²) in [6.45, 7) is 9.16. The van der Waals surface area contributed by atoms with E-state index in [1.807, 2.05) is 12.2 Å². The molecule has 10 heavy (non-hydrogen) atoms. The SMILES string of the molecule is C=CN=C(C=C)/C=C\CC. The van der Waals surface area contributed by atoms with Crippen molar-refractivity contribution in [3.05, 3.63) is 37.6 Å². The Kier molecular flexibility index (Phi) is 5.35. The number of hydrogen-bond acceptors (Lipinski definition) is 1. The fourth-order valence-electron chi connectivity index (χ4n) is 0.508. The van der Waals surface area contributed by atoms with Crippen LogP contribution in [0.4, 0.5) is 0 Å². The highest BCUT2D eigenvalue weighted by Crippen LogP contribution is 1.87. The molecule has 0 rings (SSSR count). The van der Waals surface area contributed by atoms with Crippen LogP contribution < -0.4 is 0 Å². The normalized spacial score (nSPS) is 11.9. The number of nitrogens with zero attached hydrogens (tertiary/aromatic N) is 1. The van der Waals surface area contributed by atoms with Gasteiger partial charge in [0.05, 0.1) is 5.71 Å². The molecule has 0 aromatic rings. The zero-order chi connectivity index (χ0) is 7.82. The van der Waals surface area contributed by atoms with Gasteiger partial charge in [-0.2, -0.15) is 0 Å². The van der Waals surface area contributed by atoms with Crippen molar-refractivity contribution in [2.75, 3.05) is 0 Å². The molecule has 0 radical (unpaired) electrons. The standard InChI is InChI=1S/C9H13N/c1-4-7-8-9(5-2)10-6-3/h5-8H,2-4H2,1H3/b8-7-,10-9?. The third-order valence-corrected chi connectivity index (χ3v) is 0.974. The quantitative estimate of drug-likeness (QED) is 0.525. The van der Waals surface area contributed by atoms with E-state index >= 15 is 0 Å². The molecule has 0 bridgehead atoms. The summed E-state index contributed by atoms with van der Waals surface area (Å²) in [5, 5.41) is 0. The van der Waals surface area contributed by atoms with Crippen LogP contribution in [0, 0.1) is 0 Å². The Morgan fingerprint density at radius 1 is 1.50 bits per heavy atom. The van der Waals surface area contributed by atoms with Crippen molar-refractivity contribution in [2.24, 2.45) is 4.99 Å². The highest BCUT2D eigenvalue weighted by molar-refractivity contribution is 6.03. The summed E-state index contributed by atoms with van der Waals surface area (Å²) >= 11 is 0. The van der Waals surface area contributed by atoms with Gasteiger partial charge in [0.2, 0.25) is 0 Å². The van der Waals surface area contributed by atoms with Gasteiger partial charge in [0.25, 0.3) is 0 Å². The summed E-state index contributed by atoms with van der Waals surface area (Å²) in [6, 6.07) is 0. The molecule has 1 heteroatoms. The molecule has 0 aliphatic carbocycles. The monoisotopic (exact) mass is 135 g/mol. The van der Waals surface area contributed by atoms with Gasteiger partial charge in [0, 0.05) is 6.20 Å². The van der Waals surface area contributed by atoms with Crippen LogP contribution in [-0.4, -0.2) is 5.71 Å². The van der Waals surface area contributed by atoms with Gasteiger partial charge in [-0.1, -0.05) is 26.2 Å². The van der Waals surface area contributed by atoms with Crippen LogP contribution in [0.3, 0.4) is 0 Å². The van der Waals surface area contributed by atoms with E-state index in [9.17, 15) is 0 Å². The Balaban J connectivity index is 4.07. The molecule has 0 aliphatic heterocycles. The van der Waals surface area contributed by atoms with Crippen molar-refractivity contribution in [2.45, 2.75) is 13.3 Å². The van der Waals surface area contributed by atoms with E-state index in [2.05, 4.69) is 25.1 Å². The summed E-state index contributed by atoms with van der Waals surface area (Å²) in [5.74, 6) is 0. The lowest BCUT2D eigenvalue weighted by Crippen LogP contribution is -1.83. The number of rotatable bonds is 4. The van der Waals surface area contributed by atoms with E-state index < -0.39 is 0 Å². The Hall–Kier alpha value is -1.11. The topological polar surface area (TPSA) is 12.4 Å². The van der Waals surface area contributed by atoms with Crippen molar-refractivity contribution in [1.82, 2.24) is 0 Å². The van der Waals surface area contributed by atoms with Crippen LogP contribution >= 0.6 is 0 Å². The second kappa shape index (κ2) is 6.02. The summed E-state index contributed by atoms with van der Waals surface area (Å²) in [6.07, 6.45) is 8.19. The van der Waals surface area contributed by atoms with E-state index in [1.165, 1.54) is 6.20 Å². The zero-order valence-electron chi connectivity index (χ0n) is 6.38. The molecular formula is C9H13N. The van der Waals surface area contributed by atoms with Crippen LogP contribution in [0.2, 0.25) is 0 Å². The first-order valence-electron chi connectivity index (χ1n) is 3.32. The smallest absolute Gasteiger partial charge is 0.0620 e. The molecule has 0 aromatic carbocycles. The van der Waals surface area contributed by atoms with E-state index in [0.717, 1.165) is 12.1 Å². The first kappa shape index (κ1) is 8.89. The van der Waals surface area contributed by atoms with E-state index in [0.29, 0.717) is 0 Å². The second-order valence-corrected chi connectivity index (χ2v) is 1.75. The van der Waals surface area contributed by atoms with E-state index in [4.69, 9.17) is 0 Å². The molecule has 0 saturated carbocycles. The summed E-state index contributed by atoms with van der Waals surface area (Å²) in [5.41, 5.74) is 0.858. The first-order valence-corrected chi connectivity index (χ1v) is 3.32. The van der Waals surface area contributed by atoms with Crippen LogP contribution in [0.15, 0.2) is 42.6 Å². The minimum absolute atomic E-state index is 0.858. The van der Waals surface area contributed by atoms with Crippen LogP contribution in [0.5, 0.6) is 0 Å². The average Bonchev–Trinajstić information content (AvgIpc) is 1.98. The fraction of sp³-hybridized carbons (Fsp3) is 0.222. The lowest BCUT2D eigenvalue weighted by molar-refractivity contribution is 1.23. The molecule has 54 valence electrons. The third-order valence-electron chi connectivity index (χ3n) is 0.974. The van der Waals surface area contributed by atoms with Crippen molar-refractivity contribution in [3.63, 3.8) is 0 Å². The van der Waals surface area contributed by atoms with Gasteiger partial charge in [0.1, 0.15) is 0 Å². The lowest BCUT2D eigenvalue weighted by atomic mass is 10.3. The Bertz CT molecular complexity index is 164. The maximum absolute atomic E-state index is 3.96. The maximum atomic E-state index is 3.96. The third kappa shape index (κ3) is 3.84. The fourth-order valence-corrected chi connectivity index (χ4v) is 0.508. The average molecular weight is 135 g/mol. The van der Waals surface area contributed by atoms with Crippen LogP contribution in [-0.2, 0) is 0 Å². The van der Waals surface area contributed by atoms with Gasteiger partial charge in [0.15, 0.2) is 0 Å². The number of aliphatic imine (C=N–C) groups is 1. The highest BCUT2D eigenvalue weighted by atomic mass is 14.7. The van der Waals surface area contributed by atoms with Crippen LogP contribution in [0.1, 0.15) is 13.3 Å². The molecule has 0 unspecified atom stereocenters. The van der Waals surface area contributed by atoms with Crippen molar-refractivity contribution in [3.8, 4) is 0 Å². The van der Waals surface area contributed by atoms with Crippen LogP contribution in [0.25, 0.3) is 0 Å². The molecule has 0 N–H and O–H groups in total. The van der Waals surface area contributed by atoms with Gasteiger partial charge in [-0.25, -0.2) is 0 Å². The zero-order valence-corrected chi connectivity index (χ0v) is 6.38. The molecule has 0 atom stereocenters. The molecule has 0 aromatic heterocycles. The minimum atomic E-state index is 0.858. The minimum Gasteiger partial charge on any atom is -0.258 e.